The zero-order valence-electron chi connectivity index (χ0n) is 7.70. The second-order valence-electron chi connectivity index (χ2n) is 3.10. The van der Waals surface area contributed by atoms with Gasteiger partial charge in [-0.2, -0.15) is 0 Å². The zero-order chi connectivity index (χ0) is 9.97. The van der Waals surface area contributed by atoms with Crippen LogP contribution in [-0.2, 0) is 6.42 Å². The van der Waals surface area contributed by atoms with E-state index < -0.39 is 0 Å². The molecule has 2 heteroatoms. The lowest BCUT2D eigenvalue weighted by molar-refractivity contribution is 1.15. The van der Waals surface area contributed by atoms with Crippen molar-refractivity contribution in [2.75, 3.05) is 0 Å². The van der Waals surface area contributed by atoms with Crippen molar-refractivity contribution in [2.45, 2.75) is 6.42 Å². The Hall–Kier alpha value is -1.34. The summed E-state index contributed by atoms with van der Waals surface area (Å²) in [6.07, 6.45) is 2.52. The number of fused-ring (bicyclic) bond motifs is 1. The van der Waals surface area contributed by atoms with Crippen LogP contribution < -0.4 is 0 Å². The minimum atomic E-state index is 0.712. The summed E-state index contributed by atoms with van der Waals surface area (Å²) in [6.45, 7) is 3.68. The number of para-hydroxylation sites is 1. The number of nitrogens with zero attached hydrogens (tertiary/aromatic N) is 1. The molecule has 2 aromatic rings. The maximum absolute atomic E-state index is 6.07. The van der Waals surface area contributed by atoms with Gasteiger partial charge in [0.1, 0.15) is 0 Å². The lowest BCUT2D eigenvalue weighted by Crippen LogP contribution is -1.90. The number of pyridine rings is 1. The number of rotatable bonds is 2. The van der Waals surface area contributed by atoms with Crippen molar-refractivity contribution in [1.29, 1.82) is 0 Å². The first-order valence-corrected chi connectivity index (χ1v) is 4.84. The molecule has 0 aliphatic rings. The third kappa shape index (κ3) is 1.64. The molecular formula is C12H10ClN. The monoisotopic (exact) mass is 203 g/mol. The first-order valence-electron chi connectivity index (χ1n) is 4.46. The molecule has 0 aliphatic heterocycles. The summed E-state index contributed by atoms with van der Waals surface area (Å²) in [5, 5.41) is 1.79. The standard InChI is InChI=1S/C12H10ClN/c1-2-5-12-10(13)8-9-6-3-4-7-11(9)14-12/h2-4,6-8H,1,5H2. The van der Waals surface area contributed by atoms with Gasteiger partial charge in [-0.05, 0) is 12.1 Å². The largest absolute Gasteiger partial charge is 0.251 e. The van der Waals surface area contributed by atoms with Crippen LogP contribution in [0, 0.1) is 0 Å². The SMILES string of the molecule is C=CCc1nc2ccccc2cc1Cl. The summed E-state index contributed by atoms with van der Waals surface area (Å²) >= 11 is 6.07. The minimum absolute atomic E-state index is 0.712. The molecule has 0 spiro atoms. The van der Waals surface area contributed by atoms with Crippen LogP contribution in [0.5, 0.6) is 0 Å². The van der Waals surface area contributed by atoms with E-state index in [0.717, 1.165) is 16.6 Å². The summed E-state index contributed by atoms with van der Waals surface area (Å²) in [5.74, 6) is 0. The smallest absolute Gasteiger partial charge is 0.0706 e. The fourth-order valence-corrected chi connectivity index (χ4v) is 1.65. The van der Waals surface area contributed by atoms with E-state index in [0.29, 0.717) is 11.4 Å². The Kier molecular flexibility index (Phi) is 2.51. The molecule has 1 heterocycles. The van der Waals surface area contributed by atoms with Gasteiger partial charge in [0.05, 0.1) is 16.2 Å². The van der Waals surface area contributed by atoms with E-state index in [1.165, 1.54) is 0 Å². The summed E-state index contributed by atoms with van der Waals surface area (Å²) in [6, 6.07) is 9.89. The van der Waals surface area contributed by atoms with Gasteiger partial charge in [0, 0.05) is 11.8 Å². The predicted octanol–water partition coefficient (Wildman–Crippen LogP) is 3.62. The van der Waals surface area contributed by atoms with Crippen molar-refractivity contribution in [3.8, 4) is 0 Å². The quantitative estimate of drug-likeness (QED) is 0.680. The highest BCUT2D eigenvalue weighted by Crippen LogP contribution is 2.21. The van der Waals surface area contributed by atoms with E-state index in [9.17, 15) is 0 Å². The number of allylic oxidation sites excluding steroid dienone is 1. The molecule has 1 nitrogen and oxygen atoms in total. The number of benzene rings is 1. The average Bonchev–Trinajstić information content (AvgIpc) is 2.19. The summed E-state index contributed by atoms with van der Waals surface area (Å²) in [4.78, 5) is 4.46. The second kappa shape index (κ2) is 3.81. The molecule has 14 heavy (non-hydrogen) atoms. The van der Waals surface area contributed by atoms with Gasteiger partial charge < -0.3 is 0 Å². The molecule has 0 fully saturated rings. The number of hydrogen-bond acceptors (Lipinski definition) is 1. The third-order valence-electron chi connectivity index (χ3n) is 2.09. The molecule has 0 radical (unpaired) electrons. The Bertz CT molecular complexity index is 477. The molecule has 0 amide bonds. The van der Waals surface area contributed by atoms with Crippen LogP contribution in [0.1, 0.15) is 5.69 Å². The van der Waals surface area contributed by atoms with E-state index >= 15 is 0 Å². The lowest BCUT2D eigenvalue weighted by atomic mass is 10.2. The van der Waals surface area contributed by atoms with Gasteiger partial charge in [0.15, 0.2) is 0 Å². The number of aromatic nitrogens is 1. The first-order chi connectivity index (χ1) is 6.81. The van der Waals surface area contributed by atoms with Crippen LogP contribution >= 0.6 is 11.6 Å². The average molecular weight is 204 g/mol. The maximum Gasteiger partial charge on any atom is 0.0706 e. The molecule has 0 unspecified atom stereocenters. The normalized spacial score (nSPS) is 10.4. The van der Waals surface area contributed by atoms with Crippen LogP contribution in [0.4, 0.5) is 0 Å². The molecule has 0 atom stereocenters. The van der Waals surface area contributed by atoms with Crippen LogP contribution in [0.2, 0.25) is 5.02 Å². The van der Waals surface area contributed by atoms with Gasteiger partial charge in [-0.25, -0.2) is 0 Å². The molecule has 0 N–H and O–H groups in total. The van der Waals surface area contributed by atoms with Gasteiger partial charge in [0.25, 0.3) is 0 Å². The number of hydrogen-bond donors (Lipinski definition) is 0. The van der Waals surface area contributed by atoms with Gasteiger partial charge in [0.2, 0.25) is 0 Å². The molecule has 1 aromatic carbocycles. The van der Waals surface area contributed by atoms with E-state index in [1.54, 1.807) is 0 Å². The maximum atomic E-state index is 6.07. The summed E-state index contributed by atoms with van der Waals surface area (Å²) < 4.78 is 0. The molecule has 2 rings (SSSR count). The zero-order valence-corrected chi connectivity index (χ0v) is 8.46. The Labute approximate surface area is 88.0 Å². The number of halogens is 1. The fourth-order valence-electron chi connectivity index (χ4n) is 1.41. The Morgan fingerprint density at radius 1 is 1.36 bits per heavy atom. The van der Waals surface area contributed by atoms with E-state index in [1.807, 2.05) is 36.4 Å². The van der Waals surface area contributed by atoms with Crippen molar-refractivity contribution in [2.24, 2.45) is 0 Å². The van der Waals surface area contributed by atoms with Crippen molar-refractivity contribution in [1.82, 2.24) is 4.98 Å². The predicted molar refractivity (Wildman–Crippen MR) is 60.7 cm³/mol. The fraction of sp³-hybridized carbons (Fsp3) is 0.0833. The van der Waals surface area contributed by atoms with Crippen LogP contribution in [0.25, 0.3) is 10.9 Å². The van der Waals surface area contributed by atoms with Crippen LogP contribution in [-0.4, -0.2) is 4.98 Å². The van der Waals surface area contributed by atoms with Gasteiger partial charge in [-0.1, -0.05) is 35.9 Å². The lowest BCUT2D eigenvalue weighted by Gasteiger charge is -2.02. The molecule has 0 saturated carbocycles. The van der Waals surface area contributed by atoms with Crippen LogP contribution in [0.15, 0.2) is 43.0 Å². The van der Waals surface area contributed by atoms with Crippen molar-refractivity contribution >= 4 is 22.5 Å². The molecule has 70 valence electrons. The van der Waals surface area contributed by atoms with Gasteiger partial charge in [-0.15, -0.1) is 6.58 Å². The Morgan fingerprint density at radius 2 is 2.14 bits per heavy atom. The molecular weight excluding hydrogens is 194 g/mol. The highest BCUT2D eigenvalue weighted by molar-refractivity contribution is 6.31. The Balaban J connectivity index is 2.64. The van der Waals surface area contributed by atoms with E-state index in [-0.39, 0.29) is 0 Å². The molecule has 0 aliphatic carbocycles. The summed E-state index contributed by atoms with van der Waals surface area (Å²) in [5.41, 5.74) is 1.87. The van der Waals surface area contributed by atoms with Crippen LogP contribution in [0.3, 0.4) is 0 Å². The molecule has 0 bridgehead atoms. The molecule has 0 saturated heterocycles. The van der Waals surface area contributed by atoms with Gasteiger partial charge >= 0.3 is 0 Å². The second-order valence-corrected chi connectivity index (χ2v) is 3.51. The topological polar surface area (TPSA) is 12.9 Å². The first kappa shape index (κ1) is 9.22. The van der Waals surface area contributed by atoms with E-state index in [2.05, 4.69) is 11.6 Å². The minimum Gasteiger partial charge on any atom is -0.251 e. The molecule has 1 aromatic heterocycles. The summed E-state index contributed by atoms with van der Waals surface area (Å²) in [7, 11) is 0. The van der Waals surface area contributed by atoms with Crippen molar-refractivity contribution in [3.05, 3.63) is 53.7 Å². The third-order valence-corrected chi connectivity index (χ3v) is 2.42. The van der Waals surface area contributed by atoms with Crippen molar-refractivity contribution in [3.63, 3.8) is 0 Å². The van der Waals surface area contributed by atoms with E-state index in [4.69, 9.17) is 11.6 Å². The highest BCUT2D eigenvalue weighted by Gasteiger charge is 2.02. The van der Waals surface area contributed by atoms with Crippen molar-refractivity contribution < 1.29 is 0 Å². The van der Waals surface area contributed by atoms with Gasteiger partial charge in [-0.3, -0.25) is 4.98 Å². The Morgan fingerprint density at radius 3 is 2.93 bits per heavy atom. The highest BCUT2D eigenvalue weighted by atomic mass is 35.5.